The summed E-state index contributed by atoms with van der Waals surface area (Å²) in [5.41, 5.74) is 1.03. The van der Waals surface area contributed by atoms with Gasteiger partial charge in [-0.05, 0) is 48.5 Å². The van der Waals surface area contributed by atoms with E-state index in [0.29, 0.717) is 21.9 Å². The Labute approximate surface area is 134 Å². The Kier molecular flexibility index (Phi) is 3.90. The van der Waals surface area contributed by atoms with Crippen LogP contribution >= 0.6 is 27.5 Å². The van der Waals surface area contributed by atoms with E-state index in [1.165, 1.54) is 0 Å². The van der Waals surface area contributed by atoms with Crippen molar-refractivity contribution < 1.29 is 9.53 Å². The summed E-state index contributed by atoms with van der Waals surface area (Å²) < 4.78 is 6.33. The molecule has 0 amide bonds. The van der Waals surface area contributed by atoms with Crippen LogP contribution < -0.4 is 4.74 Å². The zero-order chi connectivity index (χ0) is 14.8. The molecule has 3 aromatic rings. The Balaban J connectivity index is 1.97. The van der Waals surface area contributed by atoms with E-state index < -0.39 is 5.97 Å². The molecule has 0 saturated carbocycles. The van der Waals surface area contributed by atoms with E-state index in [1.807, 2.05) is 6.07 Å². The summed E-state index contributed by atoms with van der Waals surface area (Å²) in [6.45, 7) is 0. The van der Waals surface area contributed by atoms with Gasteiger partial charge in [-0.2, -0.15) is 0 Å². The maximum absolute atomic E-state index is 12.2. The average Bonchev–Trinajstić information content (AvgIpc) is 2.51. The first-order valence-electron chi connectivity index (χ1n) is 6.16. The maximum Gasteiger partial charge on any atom is 0.343 e. The van der Waals surface area contributed by atoms with Crippen molar-refractivity contribution in [3.63, 3.8) is 0 Å². The molecule has 0 spiro atoms. The molecule has 1 aromatic heterocycles. The number of aromatic nitrogens is 1. The standard InChI is InChI=1S/C16H9BrClNO2/c17-11-5-3-10(4-6-11)16(20)21-14-8-7-13(18)12-2-1-9-19-15(12)14/h1-9H. The number of benzene rings is 2. The van der Waals surface area contributed by atoms with Crippen molar-refractivity contribution in [1.29, 1.82) is 0 Å². The van der Waals surface area contributed by atoms with Gasteiger partial charge in [-0.25, -0.2) is 4.79 Å². The molecule has 21 heavy (non-hydrogen) atoms. The van der Waals surface area contributed by atoms with Gasteiger partial charge in [0.25, 0.3) is 0 Å². The van der Waals surface area contributed by atoms with Gasteiger partial charge in [0.2, 0.25) is 0 Å². The minimum Gasteiger partial charge on any atom is -0.421 e. The molecule has 0 aliphatic rings. The minimum atomic E-state index is -0.434. The molecule has 0 aliphatic heterocycles. The lowest BCUT2D eigenvalue weighted by atomic mass is 10.2. The van der Waals surface area contributed by atoms with Crippen molar-refractivity contribution in [3.05, 3.63) is 69.8 Å². The maximum atomic E-state index is 12.2. The van der Waals surface area contributed by atoms with Crippen molar-refractivity contribution in [2.75, 3.05) is 0 Å². The first-order chi connectivity index (χ1) is 10.1. The fourth-order valence-electron chi connectivity index (χ4n) is 1.94. The number of fused-ring (bicyclic) bond motifs is 1. The van der Waals surface area contributed by atoms with E-state index in [1.54, 1.807) is 48.7 Å². The smallest absolute Gasteiger partial charge is 0.343 e. The topological polar surface area (TPSA) is 39.2 Å². The van der Waals surface area contributed by atoms with Crippen LogP contribution in [0.15, 0.2) is 59.2 Å². The fourth-order valence-corrected chi connectivity index (χ4v) is 2.42. The second kappa shape index (κ2) is 5.84. The number of nitrogens with zero attached hydrogens (tertiary/aromatic N) is 1. The Bertz CT molecular complexity index is 818. The molecule has 3 rings (SSSR count). The summed E-state index contributed by atoms with van der Waals surface area (Å²) in [4.78, 5) is 16.4. The van der Waals surface area contributed by atoms with Crippen LogP contribution in [0.25, 0.3) is 10.9 Å². The summed E-state index contributed by atoms with van der Waals surface area (Å²) in [5, 5.41) is 1.32. The predicted octanol–water partition coefficient (Wildman–Crippen LogP) is 4.87. The zero-order valence-corrected chi connectivity index (χ0v) is 13.1. The van der Waals surface area contributed by atoms with Crippen molar-refractivity contribution in [2.24, 2.45) is 0 Å². The molecule has 2 aromatic carbocycles. The highest BCUT2D eigenvalue weighted by molar-refractivity contribution is 9.10. The van der Waals surface area contributed by atoms with E-state index in [9.17, 15) is 4.79 Å². The van der Waals surface area contributed by atoms with Crippen LogP contribution in [0.2, 0.25) is 5.02 Å². The highest BCUT2D eigenvalue weighted by atomic mass is 79.9. The number of esters is 1. The Morgan fingerprint density at radius 3 is 2.62 bits per heavy atom. The third kappa shape index (κ3) is 2.91. The molecule has 0 fully saturated rings. The number of carbonyl (C=O) groups excluding carboxylic acids is 1. The quantitative estimate of drug-likeness (QED) is 0.482. The second-order valence-corrected chi connectivity index (χ2v) is 5.66. The van der Waals surface area contributed by atoms with E-state index >= 15 is 0 Å². The van der Waals surface area contributed by atoms with Gasteiger partial charge in [0.05, 0.1) is 10.6 Å². The van der Waals surface area contributed by atoms with Gasteiger partial charge in [-0.15, -0.1) is 0 Å². The van der Waals surface area contributed by atoms with Gasteiger partial charge < -0.3 is 4.74 Å². The molecular formula is C16H9BrClNO2. The molecule has 0 N–H and O–H groups in total. The first-order valence-corrected chi connectivity index (χ1v) is 7.33. The normalized spacial score (nSPS) is 10.6. The summed E-state index contributed by atoms with van der Waals surface area (Å²) in [6.07, 6.45) is 1.63. The van der Waals surface area contributed by atoms with E-state index in [-0.39, 0.29) is 0 Å². The van der Waals surface area contributed by atoms with Gasteiger partial charge >= 0.3 is 5.97 Å². The van der Waals surface area contributed by atoms with Crippen LogP contribution in [0, 0.1) is 0 Å². The molecular weight excluding hydrogens is 354 g/mol. The average molecular weight is 363 g/mol. The number of halogens is 2. The van der Waals surface area contributed by atoms with Crippen LogP contribution in [-0.2, 0) is 0 Å². The van der Waals surface area contributed by atoms with E-state index in [4.69, 9.17) is 16.3 Å². The Morgan fingerprint density at radius 2 is 1.86 bits per heavy atom. The zero-order valence-electron chi connectivity index (χ0n) is 10.7. The number of hydrogen-bond donors (Lipinski definition) is 0. The molecule has 3 nitrogen and oxygen atoms in total. The first kappa shape index (κ1) is 14.0. The predicted molar refractivity (Wildman–Crippen MR) is 85.9 cm³/mol. The Morgan fingerprint density at radius 1 is 1.10 bits per heavy atom. The summed E-state index contributed by atoms with van der Waals surface area (Å²) >= 11 is 9.44. The number of hydrogen-bond acceptors (Lipinski definition) is 3. The molecule has 0 radical (unpaired) electrons. The largest absolute Gasteiger partial charge is 0.421 e. The molecule has 0 unspecified atom stereocenters. The number of ether oxygens (including phenoxy) is 1. The van der Waals surface area contributed by atoms with Gasteiger partial charge in [-0.1, -0.05) is 27.5 Å². The highest BCUT2D eigenvalue weighted by Crippen LogP contribution is 2.30. The van der Waals surface area contributed by atoms with Gasteiger partial charge in [0, 0.05) is 16.1 Å². The SMILES string of the molecule is O=C(Oc1ccc(Cl)c2cccnc12)c1ccc(Br)cc1. The number of pyridine rings is 1. The van der Waals surface area contributed by atoms with Crippen molar-refractivity contribution >= 4 is 44.4 Å². The van der Waals surface area contributed by atoms with Crippen LogP contribution in [0.1, 0.15) is 10.4 Å². The van der Waals surface area contributed by atoms with Crippen LogP contribution in [-0.4, -0.2) is 11.0 Å². The molecule has 0 aliphatic carbocycles. The third-order valence-electron chi connectivity index (χ3n) is 2.96. The highest BCUT2D eigenvalue weighted by Gasteiger charge is 2.12. The van der Waals surface area contributed by atoms with Crippen LogP contribution in [0.4, 0.5) is 0 Å². The lowest BCUT2D eigenvalue weighted by Crippen LogP contribution is -2.08. The molecule has 0 bridgehead atoms. The Hall–Kier alpha value is -1.91. The van der Waals surface area contributed by atoms with E-state index in [0.717, 1.165) is 9.86 Å². The van der Waals surface area contributed by atoms with Crippen LogP contribution in [0.3, 0.4) is 0 Å². The number of carbonyl (C=O) groups is 1. The monoisotopic (exact) mass is 361 g/mol. The third-order valence-corrected chi connectivity index (χ3v) is 3.82. The minimum absolute atomic E-state index is 0.392. The van der Waals surface area contributed by atoms with Gasteiger partial charge in [0.1, 0.15) is 5.52 Å². The lowest BCUT2D eigenvalue weighted by Gasteiger charge is -2.08. The van der Waals surface area contributed by atoms with Crippen molar-refractivity contribution in [1.82, 2.24) is 4.98 Å². The molecule has 5 heteroatoms. The molecule has 0 saturated heterocycles. The summed E-state index contributed by atoms with van der Waals surface area (Å²) in [7, 11) is 0. The van der Waals surface area contributed by atoms with Crippen LogP contribution in [0.5, 0.6) is 5.75 Å². The summed E-state index contributed by atoms with van der Waals surface area (Å²) in [5.74, 6) is -0.0419. The summed E-state index contributed by atoms with van der Waals surface area (Å²) in [6, 6.07) is 13.9. The van der Waals surface area contributed by atoms with Crippen molar-refractivity contribution in [2.45, 2.75) is 0 Å². The molecule has 104 valence electrons. The van der Waals surface area contributed by atoms with Gasteiger partial charge in [-0.3, -0.25) is 4.98 Å². The second-order valence-electron chi connectivity index (χ2n) is 4.34. The van der Waals surface area contributed by atoms with Gasteiger partial charge in [0.15, 0.2) is 5.75 Å². The number of rotatable bonds is 2. The van der Waals surface area contributed by atoms with E-state index in [2.05, 4.69) is 20.9 Å². The van der Waals surface area contributed by atoms with Crippen molar-refractivity contribution in [3.8, 4) is 5.75 Å². The molecule has 0 atom stereocenters. The fraction of sp³-hybridized carbons (Fsp3) is 0. The molecule has 1 heterocycles. The lowest BCUT2D eigenvalue weighted by molar-refractivity contribution is 0.0737.